The highest BCUT2D eigenvalue weighted by molar-refractivity contribution is 7.84. The van der Waals surface area contributed by atoms with E-state index in [0.29, 0.717) is 19.1 Å². The molecule has 3 rings (SSSR count). The molecule has 0 amide bonds. The van der Waals surface area contributed by atoms with E-state index < -0.39 is 16.6 Å². The fraction of sp³-hybridized carbons (Fsp3) is 0.611. The number of ether oxygens (including phenoxy) is 1. The standard InChI is InChI=1S/C18H23FN2O2S/c1-24(22)18-3-2-13(8-17(18)19)10-23-11-15-9-16(15)14-4-6-21(12-20)7-5-14/h2-3,8,14-16H,4-7,9-11H2,1H3. The molecule has 130 valence electrons. The third-order valence-corrected chi connectivity index (χ3v) is 6.12. The average molecular weight is 350 g/mol. The van der Waals surface area contributed by atoms with Gasteiger partial charge in [-0.2, -0.15) is 5.26 Å². The van der Waals surface area contributed by atoms with Crippen molar-refractivity contribution in [1.82, 2.24) is 4.90 Å². The molecule has 24 heavy (non-hydrogen) atoms. The third-order valence-electron chi connectivity index (χ3n) is 5.17. The van der Waals surface area contributed by atoms with E-state index >= 15 is 0 Å². The zero-order chi connectivity index (χ0) is 17.1. The molecule has 1 saturated carbocycles. The Kier molecular flexibility index (Phi) is 5.52. The number of nitrogens with zero attached hydrogens (tertiary/aromatic N) is 2. The van der Waals surface area contributed by atoms with Gasteiger partial charge in [-0.3, -0.25) is 4.21 Å². The van der Waals surface area contributed by atoms with Gasteiger partial charge in [-0.25, -0.2) is 4.39 Å². The number of likely N-dealkylation sites (tertiary alicyclic amines) is 1. The van der Waals surface area contributed by atoms with Gasteiger partial charge in [0.25, 0.3) is 0 Å². The van der Waals surface area contributed by atoms with E-state index in [0.717, 1.165) is 43.3 Å². The predicted molar refractivity (Wildman–Crippen MR) is 89.9 cm³/mol. The summed E-state index contributed by atoms with van der Waals surface area (Å²) >= 11 is 0. The molecule has 1 aliphatic carbocycles. The Morgan fingerprint density at radius 3 is 2.79 bits per heavy atom. The summed E-state index contributed by atoms with van der Waals surface area (Å²) in [5, 5.41) is 8.89. The van der Waals surface area contributed by atoms with Crippen LogP contribution in [0.25, 0.3) is 0 Å². The van der Waals surface area contributed by atoms with Crippen LogP contribution in [-0.2, 0) is 22.1 Å². The Balaban J connectivity index is 1.40. The number of rotatable bonds is 6. The normalized spacial score (nSPS) is 25.3. The fourth-order valence-electron chi connectivity index (χ4n) is 3.66. The van der Waals surface area contributed by atoms with Crippen LogP contribution in [0, 0.1) is 35.0 Å². The highest BCUT2D eigenvalue weighted by Crippen LogP contribution is 2.48. The zero-order valence-corrected chi connectivity index (χ0v) is 14.7. The average Bonchev–Trinajstić information content (AvgIpc) is 3.34. The van der Waals surface area contributed by atoms with Gasteiger partial charge in [-0.05, 0) is 54.7 Å². The summed E-state index contributed by atoms with van der Waals surface area (Å²) in [6, 6.07) is 4.77. The van der Waals surface area contributed by atoms with E-state index in [2.05, 4.69) is 6.19 Å². The van der Waals surface area contributed by atoms with Crippen LogP contribution in [0.5, 0.6) is 0 Å². The van der Waals surface area contributed by atoms with Crippen molar-refractivity contribution < 1.29 is 13.3 Å². The first kappa shape index (κ1) is 17.4. The van der Waals surface area contributed by atoms with Crippen molar-refractivity contribution in [2.45, 2.75) is 30.8 Å². The molecule has 2 aliphatic rings. The number of hydrogen-bond acceptors (Lipinski definition) is 4. The molecule has 0 radical (unpaired) electrons. The van der Waals surface area contributed by atoms with Gasteiger partial charge in [0, 0.05) is 19.3 Å². The number of piperidine rings is 1. The first-order valence-corrected chi connectivity index (χ1v) is 9.98. The van der Waals surface area contributed by atoms with Crippen molar-refractivity contribution in [3.8, 4) is 6.19 Å². The van der Waals surface area contributed by atoms with E-state index in [1.54, 1.807) is 12.1 Å². The molecule has 0 spiro atoms. The third kappa shape index (κ3) is 4.14. The number of benzene rings is 1. The molecule has 1 saturated heterocycles. The molecule has 6 heteroatoms. The number of hydrogen-bond donors (Lipinski definition) is 0. The van der Waals surface area contributed by atoms with Gasteiger partial charge in [-0.15, -0.1) is 0 Å². The van der Waals surface area contributed by atoms with Gasteiger partial charge in [0.2, 0.25) is 0 Å². The van der Waals surface area contributed by atoms with Gasteiger partial charge in [0.1, 0.15) is 5.82 Å². The highest BCUT2D eigenvalue weighted by atomic mass is 32.2. The first-order valence-electron chi connectivity index (χ1n) is 8.42. The maximum atomic E-state index is 13.8. The lowest BCUT2D eigenvalue weighted by molar-refractivity contribution is 0.102. The topological polar surface area (TPSA) is 53.3 Å². The number of halogens is 1. The summed E-state index contributed by atoms with van der Waals surface area (Å²) < 4.78 is 30.9. The van der Waals surface area contributed by atoms with Gasteiger partial charge in [-0.1, -0.05) is 6.07 Å². The van der Waals surface area contributed by atoms with Crippen LogP contribution in [-0.4, -0.2) is 35.1 Å². The van der Waals surface area contributed by atoms with Crippen molar-refractivity contribution in [3.05, 3.63) is 29.6 Å². The van der Waals surface area contributed by atoms with Gasteiger partial charge >= 0.3 is 0 Å². The summed E-state index contributed by atoms with van der Waals surface area (Å²) in [6.45, 7) is 2.88. The second kappa shape index (κ2) is 7.62. The molecule has 4 nitrogen and oxygen atoms in total. The van der Waals surface area contributed by atoms with Crippen LogP contribution in [0.15, 0.2) is 23.1 Å². The van der Waals surface area contributed by atoms with Gasteiger partial charge < -0.3 is 9.64 Å². The Labute approximate surface area is 145 Å². The van der Waals surface area contributed by atoms with E-state index in [4.69, 9.17) is 10.00 Å². The maximum absolute atomic E-state index is 13.8. The summed E-state index contributed by atoms with van der Waals surface area (Å²) in [7, 11) is -1.30. The SMILES string of the molecule is CS(=O)c1ccc(COCC2CC2C2CCN(C#N)CC2)cc1F. The summed E-state index contributed by atoms with van der Waals surface area (Å²) in [5.41, 5.74) is 0.779. The minimum absolute atomic E-state index is 0.240. The van der Waals surface area contributed by atoms with Crippen LogP contribution in [0.4, 0.5) is 4.39 Å². The van der Waals surface area contributed by atoms with Crippen LogP contribution in [0.2, 0.25) is 0 Å². The molecule has 1 heterocycles. The minimum Gasteiger partial charge on any atom is -0.376 e. The van der Waals surface area contributed by atoms with Gasteiger partial charge in [0.05, 0.1) is 28.9 Å². The molecule has 3 atom stereocenters. The number of nitriles is 1. The molecule has 3 unspecified atom stereocenters. The largest absolute Gasteiger partial charge is 0.376 e. The van der Waals surface area contributed by atoms with Crippen molar-refractivity contribution in [3.63, 3.8) is 0 Å². The van der Waals surface area contributed by atoms with Crippen molar-refractivity contribution in [2.24, 2.45) is 17.8 Å². The Morgan fingerprint density at radius 2 is 2.17 bits per heavy atom. The van der Waals surface area contributed by atoms with E-state index in [9.17, 15) is 8.60 Å². The predicted octanol–water partition coefficient (Wildman–Crippen LogP) is 2.91. The van der Waals surface area contributed by atoms with Crippen molar-refractivity contribution in [1.29, 1.82) is 5.26 Å². The quantitative estimate of drug-likeness (QED) is 0.740. The van der Waals surface area contributed by atoms with E-state index in [1.165, 1.54) is 18.7 Å². The van der Waals surface area contributed by atoms with Crippen LogP contribution in [0.3, 0.4) is 0 Å². The van der Waals surface area contributed by atoms with Crippen molar-refractivity contribution >= 4 is 10.8 Å². The molecule has 1 aliphatic heterocycles. The lowest BCUT2D eigenvalue weighted by Gasteiger charge is -2.28. The Hall–Kier alpha value is -1.45. The summed E-state index contributed by atoms with van der Waals surface area (Å²) in [5.74, 6) is 1.63. The molecule has 1 aromatic carbocycles. The van der Waals surface area contributed by atoms with E-state index in [1.807, 2.05) is 4.90 Å². The smallest absolute Gasteiger partial charge is 0.179 e. The summed E-state index contributed by atoms with van der Waals surface area (Å²) in [4.78, 5) is 2.08. The first-order chi connectivity index (χ1) is 11.6. The molecular formula is C18H23FN2O2S. The monoisotopic (exact) mass is 350 g/mol. The highest BCUT2D eigenvalue weighted by Gasteiger charge is 2.43. The van der Waals surface area contributed by atoms with Crippen LogP contribution < -0.4 is 0 Å². The molecule has 0 bridgehead atoms. The van der Waals surface area contributed by atoms with Gasteiger partial charge in [0.15, 0.2) is 6.19 Å². The molecule has 0 N–H and O–H groups in total. The lowest BCUT2D eigenvalue weighted by Crippen LogP contribution is -2.30. The second-order valence-corrected chi connectivity index (χ2v) is 8.17. The fourth-order valence-corrected chi connectivity index (χ4v) is 4.26. The van der Waals surface area contributed by atoms with Crippen LogP contribution >= 0.6 is 0 Å². The molecular weight excluding hydrogens is 327 g/mol. The maximum Gasteiger partial charge on any atom is 0.179 e. The molecule has 2 fully saturated rings. The van der Waals surface area contributed by atoms with E-state index in [-0.39, 0.29) is 4.90 Å². The second-order valence-electron chi connectivity index (χ2n) is 6.82. The molecule has 0 aromatic heterocycles. The Bertz CT molecular complexity index is 653. The molecule has 1 aromatic rings. The summed E-state index contributed by atoms with van der Waals surface area (Å²) in [6.07, 6.45) is 7.12. The zero-order valence-electron chi connectivity index (χ0n) is 13.9. The van der Waals surface area contributed by atoms with Crippen molar-refractivity contribution in [2.75, 3.05) is 26.0 Å². The van der Waals surface area contributed by atoms with Crippen LogP contribution in [0.1, 0.15) is 24.8 Å². The minimum atomic E-state index is -1.30. The lowest BCUT2D eigenvalue weighted by atomic mass is 9.91. The Morgan fingerprint density at radius 1 is 1.42 bits per heavy atom.